The number of aromatic nitrogens is 1. The van der Waals surface area contributed by atoms with E-state index in [-0.39, 0.29) is 0 Å². The third-order valence-electron chi connectivity index (χ3n) is 12.4. The molecule has 12 rings (SSSR count). The molecule has 5 heteroatoms. The van der Waals surface area contributed by atoms with Crippen LogP contribution in [-0.2, 0) is 0 Å². The predicted molar refractivity (Wildman–Crippen MR) is 193 cm³/mol. The quantitative estimate of drug-likeness (QED) is 0.194. The summed E-state index contributed by atoms with van der Waals surface area (Å²) in [4.78, 5) is 0. The van der Waals surface area contributed by atoms with Gasteiger partial charge in [0.15, 0.2) is 11.4 Å². The minimum Gasteiger partial charge on any atom is -0.389 e. The van der Waals surface area contributed by atoms with Crippen LogP contribution in [0.1, 0.15) is 102 Å². The van der Waals surface area contributed by atoms with Gasteiger partial charge in [0, 0.05) is 28.6 Å². The summed E-state index contributed by atoms with van der Waals surface area (Å²) in [7, 11) is 0. The molecule has 2 saturated carbocycles. The second-order valence-corrected chi connectivity index (χ2v) is 14.8. The van der Waals surface area contributed by atoms with Crippen LogP contribution < -0.4 is 0 Å². The molecule has 0 atom stereocenters. The summed E-state index contributed by atoms with van der Waals surface area (Å²) in [6, 6.07) is 30.8. The van der Waals surface area contributed by atoms with Crippen LogP contribution in [0.4, 0.5) is 8.63 Å². The van der Waals surface area contributed by atoms with Crippen LogP contribution in [0.5, 0.6) is 0 Å². The van der Waals surface area contributed by atoms with Gasteiger partial charge in [0.25, 0.3) is 0 Å². The van der Waals surface area contributed by atoms with Gasteiger partial charge in [-0.25, -0.2) is 0 Å². The number of benzene rings is 3. The second kappa shape index (κ2) is 10.8. The molecule has 48 heavy (non-hydrogen) atoms. The van der Waals surface area contributed by atoms with Gasteiger partial charge in [0.2, 0.25) is 0 Å². The van der Waals surface area contributed by atoms with Crippen molar-refractivity contribution in [2.75, 3.05) is 0 Å². The van der Waals surface area contributed by atoms with Crippen molar-refractivity contribution in [1.82, 2.24) is 4.48 Å². The van der Waals surface area contributed by atoms with Gasteiger partial charge in [-0.3, -0.25) is 0 Å². The zero-order valence-corrected chi connectivity index (χ0v) is 27.2. The second-order valence-electron chi connectivity index (χ2n) is 14.8. The van der Waals surface area contributed by atoms with Gasteiger partial charge in [-0.2, -0.15) is 0 Å². The summed E-state index contributed by atoms with van der Waals surface area (Å²) in [5, 5.41) is 0. The topological polar surface area (TPSA) is 7.94 Å². The predicted octanol–water partition coefficient (Wildman–Crippen LogP) is 10.7. The molecule has 1 aromatic heterocycles. The van der Waals surface area contributed by atoms with E-state index in [4.69, 9.17) is 0 Å². The van der Waals surface area contributed by atoms with Crippen LogP contribution in [-0.4, -0.2) is 21.6 Å². The first-order valence-electron chi connectivity index (χ1n) is 18.1. The Morgan fingerprint density at radius 1 is 0.562 bits per heavy atom. The molecule has 0 unspecified atom stereocenters. The number of halogens is 2. The van der Waals surface area contributed by atoms with Crippen molar-refractivity contribution < 1.29 is 13.1 Å². The normalized spacial score (nSPS) is 26.5. The zero-order valence-electron chi connectivity index (χ0n) is 27.2. The molecule has 3 heterocycles. The molecular weight excluding hydrogens is 593 g/mol. The molecule has 238 valence electrons. The Hall–Kier alpha value is -4.51. The van der Waals surface area contributed by atoms with E-state index in [0.29, 0.717) is 23.7 Å². The lowest BCUT2D eigenvalue weighted by Gasteiger charge is -2.39. The van der Waals surface area contributed by atoms with Crippen molar-refractivity contribution >= 4 is 36.5 Å². The minimum atomic E-state index is -4.22. The van der Waals surface area contributed by atoms with E-state index in [1.165, 1.54) is 22.3 Å². The molecule has 4 aromatic rings. The summed E-state index contributed by atoms with van der Waals surface area (Å²) >= 11 is 0. The molecule has 4 bridgehead atoms. The van der Waals surface area contributed by atoms with E-state index in [1.807, 2.05) is 66.8 Å². The molecular formula is C43H39BF2N2. The fourth-order valence-corrected chi connectivity index (χ4v) is 10.4. The van der Waals surface area contributed by atoms with Gasteiger partial charge in [-0.15, -0.1) is 0 Å². The summed E-state index contributed by atoms with van der Waals surface area (Å²) < 4.78 is 39.7. The van der Waals surface area contributed by atoms with E-state index in [9.17, 15) is 0 Å². The number of rotatable bonds is 5. The van der Waals surface area contributed by atoms with Gasteiger partial charge >= 0.3 is 6.97 Å². The average Bonchev–Trinajstić information content (AvgIpc) is 3.70. The van der Waals surface area contributed by atoms with E-state index in [2.05, 4.69) is 48.5 Å². The third kappa shape index (κ3) is 4.06. The minimum absolute atomic E-state index is 0.321. The smallest absolute Gasteiger partial charge is 0.389 e. The molecule has 0 saturated heterocycles. The zero-order chi connectivity index (χ0) is 32.0. The standard InChI is InChI=1S/C43H39BF2N2/c45-44(46)47-35(26-16-28-10-4-1-5-11-28)37-31-18-22-33(23-19-31)39(37)42(47)41(30-14-8-3-9-15-30)43-40-34-24-20-32(21-25-34)38(40)36(48(43)44)27-17-29-12-6-2-7-13-29/h1-17,26-27,31-34H,18-25H2/b26-16+,27-17+. The van der Waals surface area contributed by atoms with Crippen molar-refractivity contribution in [3.63, 3.8) is 0 Å². The van der Waals surface area contributed by atoms with E-state index < -0.39 is 6.97 Å². The number of fused-ring (bicyclic) bond motifs is 6. The van der Waals surface area contributed by atoms with Gasteiger partial charge in [-0.1, -0.05) is 97.1 Å². The highest BCUT2D eigenvalue weighted by Gasteiger charge is 2.61. The SMILES string of the molecule is F[B-]1(F)n2c(/C=C/c3ccccc3)c3c(c2C(c2ccccc2)=C2C4=C(C(/C=C/c5ccccc5)=[N+]21)C1CCC4CC1)C1CCC3CC1. The van der Waals surface area contributed by atoms with Gasteiger partial charge in [0.05, 0.1) is 5.57 Å². The molecule has 2 nitrogen and oxygen atoms in total. The Bertz CT molecular complexity index is 2100. The van der Waals surface area contributed by atoms with Crippen LogP contribution in [0.3, 0.4) is 0 Å². The molecule has 2 aliphatic heterocycles. The highest BCUT2D eigenvalue weighted by atomic mass is 19.2. The number of nitrogens with zero attached hydrogens (tertiary/aromatic N) is 2. The largest absolute Gasteiger partial charge is 0.737 e. The maximum atomic E-state index is 18.3. The third-order valence-corrected chi connectivity index (χ3v) is 12.4. The molecule has 0 spiro atoms. The van der Waals surface area contributed by atoms with Crippen molar-refractivity contribution in [2.24, 2.45) is 11.8 Å². The lowest BCUT2D eigenvalue weighted by atomic mass is 9.64. The summed E-state index contributed by atoms with van der Waals surface area (Å²) in [6.45, 7) is -4.22. The Balaban J connectivity index is 1.33. The van der Waals surface area contributed by atoms with Gasteiger partial charge < -0.3 is 17.6 Å². The van der Waals surface area contributed by atoms with E-state index in [0.717, 1.165) is 96.4 Å². The fraction of sp³-hybridized carbons (Fsp3) is 0.279. The lowest BCUT2D eigenvalue weighted by molar-refractivity contribution is -0.362. The first-order chi connectivity index (χ1) is 23.6. The van der Waals surface area contributed by atoms with Gasteiger partial charge in [-0.05, 0) is 115 Å². The van der Waals surface area contributed by atoms with Crippen molar-refractivity contribution in [1.29, 1.82) is 0 Å². The molecule has 0 radical (unpaired) electrons. The molecule has 2 fully saturated rings. The van der Waals surface area contributed by atoms with E-state index in [1.54, 1.807) is 8.96 Å². The number of hydrogen-bond acceptors (Lipinski definition) is 0. The monoisotopic (exact) mass is 632 g/mol. The summed E-state index contributed by atoms with van der Waals surface area (Å²) in [5.41, 5.74) is 12.0. The molecule has 8 aliphatic rings. The highest BCUT2D eigenvalue weighted by molar-refractivity contribution is 6.59. The summed E-state index contributed by atoms with van der Waals surface area (Å²) in [5.74, 6) is 1.29. The van der Waals surface area contributed by atoms with Crippen LogP contribution in [0.15, 0.2) is 114 Å². The van der Waals surface area contributed by atoms with Crippen molar-refractivity contribution in [3.05, 3.63) is 153 Å². The van der Waals surface area contributed by atoms with Crippen LogP contribution >= 0.6 is 0 Å². The molecule has 6 aliphatic carbocycles. The van der Waals surface area contributed by atoms with Crippen molar-refractivity contribution in [3.8, 4) is 0 Å². The average molecular weight is 633 g/mol. The van der Waals surface area contributed by atoms with Crippen LogP contribution in [0.25, 0.3) is 23.8 Å². The molecule has 0 amide bonds. The Morgan fingerprint density at radius 3 is 1.67 bits per heavy atom. The maximum Gasteiger partial charge on any atom is 0.737 e. The van der Waals surface area contributed by atoms with Crippen LogP contribution in [0, 0.1) is 11.8 Å². The van der Waals surface area contributed by atoms with E-state index >= 15 is 8.63 Å². The lowest BCUT2D eigenvalue weighted by Crippen LogP contribution is -2.52. The van der Waals surface area contributed by atoms with Gasteiger partial charge in [0.1, 0.15) is 0 Å². The van der Waals surface area contributed by atoms with Crippen LogP contribution in [0.2, 0.25) is 0 Å². The first-order valence-corrected chi connectivity index (χ1v) is 18.1. The highest BCUT2D eigenvalue weighted by Crippen LogP contribution is 2.60. The van der Waals surface area contributed by atoms with Crippen molar-refractivity contribution in [2.45, 2.75) is 63.2 Å². The Morgan fingerprint density at radius 2 is 1.06 bits per heavy atom. The first kappa shape index (κ1) is 28.5. The molecule has 3 aromatic carbocycles. The molecule has 0 N–H and O–H groups in total. The number of hydrogen-bond donors (Lipinski definition) is 0. The fourth-order valence-electron chi connectivity index (χ4n) is 10.4. The maximum absolute atomic E-state index is 18.3. The number of allylic oxidation sites excluding steroid dienone is 3. The summed E-state index contributed by atoms with van der Waals surface area (Å²) in [6.07, 6.45) is 16.8. The Kier molecular flexibility index (Phi) is 6.38. The Labute approximate surface area is 281 Å².